The number of hydrogen-bond donors (Lipinski definition) is 3. The van der Waals surface area contributed by atoms with E-state index in [1.54, 1.807) is 24.5 Å². The third-order valence-electron chi connectivity index (χ3n) is 4.79. The zero-order valence-electron chi connectivity index (χ0n) is 14.8. The first-order chi connectivity index (χ1) is 13.1. The maximum absolute atomic E-state index is 11.6. The molecule has 0 aliphatic carbocycles. The number of fused-ring (bicyclic) bond motifs is 1. The maximum atomic E-state index is 11.6. The highest BCUT2D eigenvalue weighted by Crippen LogP contribution is 2.31. The third-order valence-corrected chi connectivity index (χ3v) is 4.79. The first-order valence-electron chi connectivity index (χ1n) is 8.80. The summed E-state index contributed by atoms with van der Waals surface area (Å²) >= 11 is 0. The van der Waals surface area contributed by atoms with Crippen LogP contribution in [-0.4, -0.2) is 58.8 Å². The molecule has 0 unspecified atom stereocenters. The number of nitrogens with two attached hydrogens (primary N) is 1. The summed E-state index contributed by atoms with van der Waals surface area (Å²) in [6.45, 7) is 3.97. The van der Waals surface area contributed by atoms with Gasteiger partial charge in [-0.2, -0.15) is 0 Å². The molecule has 27 heavy (non-hydrogen) atoms. The van der Waals surface area contributed by atoms with Crippen LogP contribution in [0.15, 0.2) is 42.7 Å². The number of H-pyrrole nitrogens is 1. The summed E-state index contributed by atoms with van der Waals surface area (Å²) in [6.07, 6.45) is 3.38. The molecule has 4 N–H and O–H groups in total. The van der Waals surface area contributed by atoms with Crippen molar-refractivity contribution in [2.45, 2.75) is 0 Å². The van der Waals surface area contributed by atoms with E-state index in [0.29, 0.717) is 18.2 Å². The molecule has 0 saturated carbocycles. The molecular weight excluding hydrogens is 346 g/mol. The standard InChI is InChI=1S/C19H21N5O3/c20-12-23-5-7-24(8-6-23)14-1-2-16(19(25)26)17(10-14)27-15-9-13-3-4-21-18(13)22-11-15/h1-4,9-11H,5-8,12,20H2,(H,21,22)(H,25,26). The van der Waals surface area contributed by atoms with E-state index in [4.69, 9.17) is 10.5 Å². The molecule has 0 atom stereocenters. The number of piperazine rings is 1. The van der Waals surface area contributed by atoms with Crippen LogP contribution < -0.4 is 15.4 Å². The van der Waals surface area contributed by atoms with Crippen LogP contribution in [0.25, 0.3) is 11.0 Å². The Labute approximate surface area is 156 Å². The summed E-state index contributed by atoms with van der Waals surface area (Å²) in [5.74, 6) is -0.229. The van der Waals surface area contributed by atoms with E-state index >= 15 is 0 Å². The number of hydrogen-bond acceptors (Lipinski definition) is 6. The molecule has 0 bridgehead atoms. The molecule has 1 aromatic carbocycles. The molecule has 140 valence electrons. The molecule has 1 saturated heterocycles. The van der Waals surface area contributed by atoms with Crippen LogP contribution in [0.3, 0.4) is 0 Å². The number of aromatic nitrogens is 2. The first kappa shape index (κ1) is 17.3. The van der Waals surface area contributed by atoms with Crippen LogP contribution in [0.2, 0.25) is 0 Å². The molecule has 0 radical (unpaired) electrons. The van der Waals surface area contributed by atoms with Gasteiger partial charge >= 0.3 is 5.97 Å². The van der Waals surface area contributed by atoms with Crippen molar-refractivity contribution in [3.63, 3.8) is 0 Å². The number of aromatic amines is 1. The average Bonchev–Trinajstić information content (AvgIpc) is 3.15. The zero-order valence-corrected chi connectivity index (χ0v) is 14.8. The Kier molecular flexibility index (Phi) is 4.66. The molecule has 1 aliphatic heterocycles. The van der Waals surface area contributed by atoms with Gasteiger partial charge in [0.05, 0.1) is 6.20 Å². The van der Waals surface area contributed by atoms with Gasteiger partial charge in [-0.3, -0.25) is 4.90 Å². The van der Waals surface area contributed by atoms with Gasteiger partial charge in [0.2, 0.25) is 0 Å². The van der Waals surface area contributed by atoms with Gasteiger partial charge < -0.3 is 25.5 Å². The van der Waals surface area contributed by atoms with E-state index in [-0.39, 0.29) is 5.56 Å². The normalized spacial score (nSPS) is 15.2. The van der Waals surface area contributed by atoms with Crippen LogP contribution in [0.1, 0.15) is 10.4 Å². The number of ether oxygens (including phenoxy) is 1. The second-order valence-corrected chi connectivity index (χ2v) is 6.46. The minimum absolute atomic E-state index is 0.119. The number of nitrogens with zero attached hydrogens (tertiary/aromatic N) is 3. The highest BCUT2D eigenvalue weighted by Gasteiger charge is 2.19. The number of rotatable bonds is 5. The molecule has 1 aliphatic rings. The van der Waals surface area contributed by atoms with Crippen molar-refractivity contribution >= 4 is 22.7 Å². The van der Waals surface area contributed by atoms with E-state index in [1.165, 1.54) is 0 Å². The lowest BCUT2D eigenvalue weighted by molar-refractivity contribution is 0.0694. The lowest BCUT2D eigenvalue weighted by atomic mass is 10.1. The smallest absolute Gasteiger partial charge is 0.339 e. The van der Waals surface area contributed by atoms with Crippen LogP contribution in [0.5, 0.6) is 11.5 Å². The molecule has 3 aromatic rings. The summed E-state index contributed by atoms with van der Waals surface area (Å²) in [5, 5.41) is 10.4. The van der Waals surface area contributed by atoms with Crippen molar-refractivity contribution in [1.29, 1.82) is 0 Å². The van der Waals surface area contributed by atoms with Crippen molar-refractivity contribution in [2.24, 2.45) is 5.73 Å². The fourth-order valence-corrected chi connectivity index (χ4v) is 3.26. The number of benzene rings is 1. The Morgan fingerprint density at radius 1 is 1.22 bits per heavy atom. The zero-order chi connectivity index (χ0) is 18.8. The second-order valence-electron chi connectivity index (χ2n) is 6.46. The third kappa shape index (κ3) is 3.57. The second kappa shape index (κ2) is 7.26. The summed E-state index contributed by atoms with van der Waals surface area (Å²) in [7, 11) is 0. The fraction of sp³-hybridized carbons (Fsp3) is 0.263. The molecule has 4 rings (SSSR count). The first-order valence-corrected chi connectivity index (χ1v) is 8.80. The summed E-state index contributed by atoms with van der Waals surface area (Å²) in [5.41, 5.74) is 7.50. The SMILES string of the molecule is NCN1CCN(c2ccc(C(=O)O)c(Oc3cnc4[nH]ccc4c3)c2)CC1. The predicted molar refractivity (Wildman–Crippen MR) is 102 cm³/mol. The van der Waals surface area contributed by atoms with Crippen molar-refractivity contribution in [3.05, 3.63) is 48.3 Å². The average molecular weight is 367 g/mol. The van der Waals surface area contributed by atoms with Crippen molar-refractivity contribution in [3.8, 4) is 11.5 Å². The number of carbonyl (C=O) groups is 1. The predicted octanol–water partition coefficient (Wildman–Crippen LogP) is 2.09. The number of nitrogens with one attached hydrogen (secondary N) is 1. The van der Waals surface area contributed by atoms with Gasteiger partial charge in [-0.05, 0) is 24.3 Å². The van der Waals surface area contributed by atoms with E-state index in [2.05, 4.69) is 19.8 Å². The maximum Gasteiger partial charge on any atom is 0.339 e. The van der Waals surface area contributed by atoms with Crippen LogP contribution in [-0.2, 0) is 0 Å². The highest BCUT2D eigenvalue weighted by molar-refractivity contribution is 5.92. The molecule has 0 spiro atoms. The van der Waals surface area contributed by atoms with Crippen molar-refractivity contribution in [2.75, 3.05) is 37.7 Å². The van der Waals surface area contributed by atoms with E-state index in [9.17, 15) is 9.90 Å². The number of pyridine rings is 1. The number of carboxylic acid groups (broad SMARTS) is 1. The van der Waals surface area contributed by atoms with E-state index in [0.717, 1.165) is 42.9 Å². The van der Waals surface area contributed by atoms with Crippen LogP contribution >= 0.6 is 0 Å². The largest absolute Gasteiger partial charge is 0.478 e. The Morgan fingerprint density at radius 2 is 2.04 bits per heavy atom. The van der Waals surface area contributed by atoms with Gasteiger partial charge in [0.25, 0.3) is 0 Å². The highest BCUT2D eigenvalue weighted by atomic mass is 16.5. The van der Waals surface area contributed by atoms with Crippen molar-refractivity contribution in [1.82, 2.24) is 14.9 Å². The topological polar surface area (TPSA) is 108 Å². The lowest BCUT2D eigenvalue weighted by Crippen LogP contribution is -2.48. The fourth-order valence-electron chi connectivity index (χ4n) is 3.26. The van der Waals surface area contributed by atoms with Crippen molar-refractivity contribution < 1.29 is 14.6 Å². The van der Waals surface area contributed by atoms with Gasteiger partial charge in [-0.25, -0.2) is 9.78 Å². The monoisotopic (exact) mass is 367 g/mol. The lowest BCUT2D eigenvalue weighted by Gasteiger charge is -2.35. The molecule has 8 nitrogen and oxygen atoms in total. The Hall–Kier alpha value is -3.10. The summed E-state index contributed by atoms with van der Waals surface area (Å²) in [6, 6.07) is 8.91. The Balaban J connectivity index is 1.62. The number of carboxylic acids is 1. The van der Waals surface area contributed by atoms with E-state index in [1.807, 2.05) is 18.2 Å². The van der Waals surface area contributed by atoms with Gasteiger partial charge in [0.1, 0.15) is 22.7 Å². The minimum Gasteiger partial charge on any atom is -0.478 e. The molecule has 2 aromatic heterocycles. The van der Waals surface area contributed by atoms with Gasteiger partial charge in [0, 0.05) is 56.2 Å². The number of aromatic carboxylic acids is 1. The molecular formula is C19H21N5O3. The Bertz CT molecular complexity index is 963. The summed E-state index contributed by atoms with van der Waals surface area (Å²) in [4.78, 5) is 23.3. The van der Waals surface area contributed by atoms with Crippen LogP contribution in [0, 0.1) is 0 Å². The Morgan fingerprint density at radius 3 is 2.78 bits per heavy atom. The molecule has 1 fully saturated rings. The number of anilines is 1. The molecule has 8 heteroatoms. The summed E-state index contributed by atoms with van der Waals surface area (Å²) < 4.78 is 5.91. The van der Waals surface area contributed by atoms with E-state index < -0.39 is 5.97 Å². The molecule has 0 amide bonds. The van der Waals surface area contributed by atoms with Gasteiger partial charge in [-0.15, -0.1) is 0 Å². The van der Waals surface area contributed by atoms with Crippen LogP contribution in [0.4, 0.5) is 5.69 Å². The molecule has 3 heterocycles. The van der Waals surface area contributed by atoms with Gasteiger partial charge in [-0.1, -0.05) is 0 Å². The minimum atomic E-state index is -1.03. The van der Waals surface area contributed by atoms with Gasteiger partial charge in [0.15, 0.2) is 0 Å². The quantitative estimate of drug-likeness (QED) is 0.634.